The maximum atomic E-state index is 12.3. The summed E-state index contributed by atoms with van der Waals surface area (Å²) in [6, 6.07) is 3.80. The highest BCUT2D eigenvalue weighted by molar-refractivity contribution is 5.79. The molecule has 2 rings (SSSR count). The molecule has 1 fully saturated rings. The van der Waals surface area contributed by atoms with E-state index in [1.165, 1.54) is 0 Å². The summed E-state index contributed by atoms with van der Waals surface area (Å²) in [5.41, 5.74) is 7.05. The van der Waals surface area contributed by atoms with E-state index in [4.69, 9.17) is 10.5 Å². The molecule has 0 aliphatic carbocycles. The van der Waals surface area contributed by atoms with Gasteiger partial charge in [-0.3, -0.25) is 14.6 Å². The van der Waals surface area contributed by atoms with Crippen LogP contribution in [0.3, 0.4) is 0 Å². The first-order valence-electron chi connectivity index (χ1n) is 7.00. The predicted molar refractivity (Wildman–Crippen MR) is 77.4 cm³/mol. The number of methoxy groups -OCH3 is 1. The molecule has 1 aromatic rings. The van der Waals surface area contributed by atoms with E-state index in [9.17, 15) is 9.59 Å². The molecule has 1 aliphatic rings. The van der Waals surface area contributed by atoms with E-state index in [-0.39, 0.29) is 36.7 Å². The Morgan fingerprint density at radius 1 is 1.43 bits per heavy atom. The molecule has 0 spiro atoms. The zero-order chi connectivity index (χ0) is 15.4. The van der Waals surface area contributed by atoms with Gasteiger partial charge in [0.15, 0.2) is 0 Å². The minimum Gasteiger partial charge on any atom is -0.379 e. The van der Waals surface area contributed by atoms with Gasteiger partial charge in [0.25, 0.3) is 0 Å². The maximum Gasteiger partial charge on any atom is 0.228 e. The van der Waals surface area contributed by atoms with Crippen molar-refractivity contribution in [2.45, 2.75) is 25.9 Å². The lowest BCUT2D eigenvalue weighted by Gasteiger charge is -2.15. The van der Waals surface area contributed by atoms with Crippen molar-refractivity contribution in [2.24, 2.45) is 11.7 Å². The van der Waals surface area contributed by atoms with E-state index in [0.717, 1.165) is 11.3 Å². The summed E-state index contributed by atoms with van der Waals surface area (Å²) in [5, 5.41) is 0. The molecule has 0 saturated carbocycles. The van der Waals surface area contributed by atoms with Crippen molar-refractivity contribution in [3.8, 4) is 0 Å². The van der Waals surface area contributed by atoms with Gasteiger partial charge in [-0.25, -0.2) is 0 Å². The van der Waals surface area contributed by atoms with Gasteiger partial charge in [-0.05, 0) is 18.6 Å². The molecule has 2 heterocycles. The molecular formula is C15H21N3O3. The number of rotatable bonds is 5. The normalized spacial score (nSPS) is 21.5. The Balaban J connectivity index is 1.97. The van der Waals surface area contributed by atoms with E-state index in [1.807, 2.05) is 19.1 Å². The molecule has 2 amide bonds. The lowest BCUT2D eigenvalue weighted by molar-refractivity contribution is -0.130. The number of amides is 2. The second-order valence-electron chi connectivity index (χ2n) is 5.51. The number of aromatic nitrogens is 1. The summed E-state index contributed by atoms with van der Waals surface area (Å²) in [6.45, 7) is 2.96. The van der Waals surface area contributed by atoms with Gasteiger partial charge < -0.3 is 15.4 Å². The third kappa shape index (κ3) is 4.01. The number of hydrogen-bond donors (Lipinski definition) is 1. The second kappa shape index (κ2) is 6.67. The Bertz CT molecular complexity index is 515. The number of pyridine rings is 1. The standard InChI is InChI=1S/C15H21N3O3/c1-10-3-4-12(17-7-10)6-15(20)18-8-11(5-14(16)19)13(9-18)21-2/h3-4,7,11,13H,5-6,8-9H2,1-2H3,(H2,16,19)/t11-,13+/m1/s1. The number of aryl methyl sites for hydroxylation is 1. The van der Waals surface area contributed by atoms with Crippen molar-refractivity contribution in [1.29, 1.82) is 0 Å². The zero-order valence-electron chi connectivity index (χ0n) is 12.4. The van der Waals surface area contributed by atoms with Gasteiger partial charge in [0.2, 0.25) is 11.8 Å². The number of carbonyl (C=O) groups is 2. The fourth-order valence-corrected chi connectivity index (χ4v) is 2.64. The van der Waals surface area contributed by atoms with Crippen molar-refractivity contribution in [3.63, 3.8) is 0 Å². The molecular weight excluding hydrogens is 270 g/mol. The van der Waals surface area contributed by atoms with Gasteiger partial charge in [0.1, 0.15) is 0 Å². The van der Waals surface area contributed by atoms with Crippen molar-refractivity contribution < 1.29 is 14.3 Å². The summed E-state index contributed by atoms with van der Waals surface area (Å²) in [4.78, 5) is 29.3. The van der Waals surface area contributed by atoms with Crippen molar-refractivity contribution >= 4 is 11.8 Å². The van der Waals surface area contributed by atoms with Crippen LogP contribution in [0.15, 0.2) is 18.3 Å². The van der Waals surface area contributed by atoms with Gasteiger partial charge in [-0.15, -0.1) is 0 Å². The largest absolute Gasteiger partial charge is 0.379 e. The Hall–Kier alpha value is -1.95. The molecule has 0 radical (unpaired) electrons. The Kier molecular flexibility index (Phi) is 4.90. The van der Waals surface area contributed by atoms with Gasteiger partial charge in [-0.2, -0.15) is 0 Å². The van der Waals surface area contributed by atoms with Crippen molar-refractivity contribution in [1.82, 2.24) is 9.88 Å². The minimum absolute atomic E-state index is 0.000346. The molecule has 0 unspecified atom stereocenters. The van der Waals surface area contributed by atoms with Crippen molar-refractivity contribution in [3.05, 3.63) is 29.6 Å². The van der Waals surface area contributed by atoms with Crippen molar-refractivity contribution in [2.75, 3.05) is 20.2 Å². The topological polar surface area (TPSA) is 85.5 Å². The molecule has 21 heavy (non-hydrogen) atoms. The third-order valence-corrected chi connectivity index (χ3v) is 3.80. The summed E-state index contributed by atoms with van der Waals surface area (Å²) >= 11 is 0. The summed E-state index contributed by atoms with van der Waals surface area (Å²) in [5.74, 6) is -0.389. The molecule has 6 nitrogen and oxygen atoms in total. The minimum atomic E-state index is -0.364. The van der Waals surface area contributed by atoms with Crippen LogP contribution < -0.4 is 5.73 Å². The fourth-order valence-electron chi connectivity index (χ4n) is 2.64. The third-order valence-electron chi connectivity index (χ3n) is 3.80. The maximum absolute atomic E-state index is 12.3. The number of nitrogens with zero attached hydrogens (tertiary/aromatic N) is 2. The molecule has 6 heteroatoms. The zero-order valence-corrected chi connectivity index (χ0v) is 12.4. The SMILES string of the molecule is CO[C@H]1CN(C(=O)Cc2ccc(C)cn2)C[C@H]1CC(N)=O. The van der Waals surface area contributed by atoms with E-state index in [2.05, 4.69) is 4.98 Å². The van der Waals surface area contributed by atoms with Crippen LogP contribution in [0.4, 0.5) is 0 Å². The molecule has 0 aromatic carbocycles. The second-order valence-corrected chi connectivity index (χ2v) is 5.51. The molecule has 114 valence electrons. The average Bonchev–Trinajstić information content (AvgIpc) is 2.83. The number of hydrogen-bond acceptors (Lipinski definition) is 4. The van der Waals surface area contributed by atoms with Crippen LogP contribution in [0.1, 0.15) is 17.7 Å². The van der Waals surface area contributed by atoms with E-state index < -0.39 is 0 Å². The molecule has 1 aliphatic heterocycles. The summed E-state index contributed by atoms with van der Waals surface area (Å²) in [6.07, 6.45) is 2.12. The first kappa shape index (κ1) is 15.4. The Morgan fingerprint density at radius 2 is 2.19 bits per heavy atom. The number of nitrogens with two attached hydrogens (primary N) is 1. The highest BCUT2D eigenvalue weighted by Crippen LogP contribution is 2.23. The Labute approximate surface area is 124 Å². The van der Waals surface area contributed by atoms with Crippen LogP contribution in [0.2, 0.25) is 0 Å². The first-order chi connectivity index (χ1) is 9.99. The van der Waals surface area contributed by atoms with Crippen LogP contribution in [0.5, 0.6) is 0 Å². The molecule has 1 saturated heterocycles. The molecule has 0 bridgehead atoms. The lowest BCUT2D eigenvalue weighted by atomic mass is 10.0. The lowest BCUT2D eigenvalue weighted by Crippen LogP contribution is -2.31. The fraction of sp³-hybridized carbons (Fsp3) is 0.533. The van der Waals surface area contributed by atoms with Crippen LogP contribution in [-0.4, -0.2) is 48.0 Å². The summed E-state index contributed by atoms with van der Waals surface area (Å²) < 4.78 is 5.35. The van der Waals surface area contributed by atoms with Gasteiger partial charge in [0.05, 0.1) is 12.5 Å². The van der Waals surface area contributed by atoms with E-state index >= 15 is 0 Å². The number of carbonyl (C=O) groups excluding carboxylic acids is 2. The van der Waals surface area contributed by atoms with Gasteiger partial charge in [0, 0.05) is 44.4 Å². The van der Waals surface area contributed by atoms with E-state index in [0.29, 0.717) is 13.1 Å². The average molecular weight is 291 g/mol. The van der Waals surface area contributed by atoms with Crippen LogP contribution in [-0.2, 0) is 20.7 Å². The number of ether oxygens (including phenoxy) is 1. The number of primary amides is 1. The highest BCUT2D eigenvalue weighted by atomic mass is 16.5. The van der Waals surface area contributed by atoms with Crippen LogP contribution in [0.25, 0.3) is 0 Å². The number of likely N-dealkylation sites (tertiary alicyclic amines) is 1. The molecule has 2 N–H and O–H groups in total. The summed E-state index contributed by atoms with van der Waals surface area (Å²) in [7, 11) is 1.59. The predicted octanol–water partition coefficient (Wildman–Crippen LogP) is 0.281. The van der Waals surface area contributed by atoms with E-state index in [1.54, 1.807) is 18.2 Å². The highest BCUT2D eigenvalue weighted by Gasteiger charge is 2.36. The quantitative estimate of drug-likeness (QED) is 0.844. The smallest absolute Gasteiger partial charge is 0.228 e. The monoisotopic (exact) mass is 291 g/mol. The molecule has 2 atom stereocenters. The van der Waals surface area contributed by atoms with Gasteiger partial charge >= 0.3 is 0 Å². The van der Waals surface area contributed by atoms with Gasteiger partial charge in [-0.1, -0.05) is 6.07 Å². The molecule has 1 aromatic heterocycles. The first-order valence-corrected chi connectivity index (χ1v) is 7.00. The Morgan fingerprint density at radius 3 is 2.76 bits per heavy atom. The van der Waals surface area contributed by atoms with Crippen LogP contribution >= 0.6 is 0 Å². The van der Waals surface area contributed by atoms with Crippen LogP contribution in [0, 0.1) is 12.8 Å².